The molecule has 0 bridgehead atoms. The Morgan fingerprint density at radius 3 is 2.74 bits per heavy atom. The van der Waals surface area contributed by atoms with Crippen LogP contribution in [0.5, 0.6) is 0 Å². The predicted octanol–water partition coefficient (Wildman–Crippen LogP) is 4.12. The summed E-state index contributed by atoms with van der Waals surface area (Å²) in [4.78, 5) is 12.0. The number of benzene rings is 2. The Balaban J connectivity index is 2.09. The van der Waals surface area contributed by atoms with Crippen molar-refractivity contribution in [1.82, 2.24) is 5.32 Å². The molecule has 0 heterocycles. The summed E-state index contributed by atoms with van der Waals surface area (Å²) in [5.74, 6) is -0.532. The lowest BCUT2D eigenvalue weighted by atomic mass is 10.2. The van der Waals surface area contributed by atoms with Crippen LogP contribution in [0.2, 0.25) is 0 Å². The first kappa shape index (κ1) is 14.5. The molecule has 98 valence electrons. The lowest BCUT2D eigenvalue weighted by Gasteiger charge is -2.08. The second-order valence-electron chi connectivity index (χ2n) is 3.90. The number of hydrogen-bond acceptors (Lipinski definition) is 1. The molecule has 19 heavy (non-hydrogen) atoms. The van der Waals surface area contributed by atoms with E-state index in [0.29, 0.717) is 11.1 Å². The van der Waals surface area contributed by atoms with Crippen LogP contribution in [0, 0.1) is 9.39 Å². The Hall–Kier alpha value is -0.950. The zero-order valence-electron chi connectivity index (χ0n) is 9.79. The van der Waals surface area contributed by atoms with E-state index in [2.05, 4.69) is 43.8 Å². The van der Waals surface area contributed by atoms with Crippen LogP contribution in [0.3, 0.4) is 0 Å². The van der Waals surface area contributed by atoms with Crippen molar-refractivity contribution in [2.24, 2.45) is 0 Å². The fraction of sp³-hybridized carbons (Fsp3) is 0.0714. The van der Waals surface area contributed by atoms with Gasteiger partial charge in [-0.3, -0.25) is 4.79 Å². The maximum atomic E-state index is 13.5. The van der Waals surface area contributed by atoms with E-state index in [1.165, 1.54) is 6.07 Å². The highest BCUT2D eigenvalue weighted by atomic mass is 127. The van der Waals surface area contributed by atoms with Crippen molar-refractivity contribution < 1.29 is 9.18 Å². The van der Waals surface area contributed by atoms with E-state index in [4.69, 9.17) is 0 Å². The van der Waals surface area contributed by atoms with Gasteiger partial charge in [0.25, 0.3) is 5.91 Å². The molecule has 1 N–H and O–H groups in total. The third kappa shape index (κ3) is 3.76. The average molecular weight is 434 g/mol. The molecule has 0 saturated carbocycles. The molecule has 0 fully saturated rings. The molecular weight excluding hydrogens is 424 g/mol. The minimum atomic E-state index is -0.328. The highest BCUT2D eigenvalue weighted by Gasteiger charge is 2.10. The summed E-state index contributed by atoms with van der Waals surface area (Å²) >= 11 is 5.38. The highest BCUT2D eigenvalue weighted by Crippen LogP contribution is 2.16. The van der Waals surface area contributed by atoms with Crippen LogP contribution in [0.1, 0.15) is 15.9 Å². The molecule has 0 aliphatic heterocycles. The fourth-order valence-electron chi connectivity index (χ4n) is 1.59. The Morgan fingerprint density at radius 1 is 1.26 bits per heavy atom. The van der Waals surface area contributed by atoms with E-state index in [1.807, 2.05) is 12.1 Å². The van der Waals surface area contributed by atoms with Gasteiger partial charge < -0.3 is 5.32 Å². The molecule has 1 amide bonds. The third-order valence-corrected chi connectivity index (χ3v) is 4.00. The van der Waals surface area contributed by atoms with E-state index in [-0.39, 0.29) is 18.3 Å². The van der Waals surface area contributed by atoms with Crippen molar-refractivity contribution in [2.75, 3.05) is 0 Å². The van der Waals surface area contributed by atoms with Crippen LogP contribution in [-0.2, 0) is 6.54 Å². The van der Waals surface area contributed by atoms with Gasteiger partial charge in [-0.15, -0.1) is 0 Å². The van der Waals surface area contributed by atoms with Crippen molar-refractivity contribution in [2.45, 2.75) is 6.54 Å². The van der Waals surface area contributed by atoms with Gasteiger partial charge in [0.05, 0.1) is 5.56 Å². The highest BCUT2D eigenvalue weighted by molar-refractivity contribution is 14.1. The van der Waals surface area contributed by atoms with Crippen LogP contribution in [0.4, 0.5) is 4.39 Å². The van der Waals surface area contributed by atoms with Crippen molar-refractivity contribution in [3.8, 4) is 0 Å². The maximum absolute atomic E-state index is 13.5. The molecule has 0 unspecified atom stereocenters. The first-order chi connectivity index (χ1) is 9.08. The van der Waals surface area contributed by atoms with Gasteiger partial charge in [0, 0.05) is 20.2 Å². The molecule has 2 rings (SSSR count). The minimum Gasteiger partial charge on any atom is -0.348 e. The van der Waals surface area contributed by atoms with Gasteiger partial charge in [0.15, 0.2) is 0 Å². The predicted molar refractivity (Wildman–Crippen MR) is 84.4 cm³/mol. The SMILES string of the molecule is O=C(NCc1cc(Br)ccc1F)c1ccccc1I. The van der Waals surface area contributed by atoms with Gasteiger partial charge in [0.1, 0.15) is 5.82 Å². The van der Waals surface area contributed by atoms with E-state index in [1.54, 1.807) is 24.3 Å². The molecule has 0 aliphatic rings. The second-order valence-corrected chi connectivity index (χ2v) is 5.98. The maximum Gasteiger partial charge on any atom is 0.252 e. The Labute approximate surface area is 132 Å². The van der Waals surface area contributed by atoms with E-state index in [0.717, 1.165) is 8.04 Å². The van der Waals surface area contributed by atoms with Gasteiger partial charge in [-0.05, 0) is 52.9 Å². The monoisotopic (exact) mass is 433 g/mol. The summed E-state index contributed by atoms with van der Waals surface area (Å²) in [5.41, 5.74) is 1.05. The number of hydrogen-bond donors (Lipinski definition) is 1. The van der Waals surface area contributed by atoms with Crippen molar-refractivity contribution in [1.29, 1.82) is 0 Å². The second kappa shape index (κ2) is 6.47. The third-order valence-electron chi connectivity index (χ3n) is 2.57. The summed E-state index contributed by atoms with van der Waals surface area (Å²) in [6.07, 6.45) is 0. The van der Waals surface area contributed by atoms with Crippen LogP contribution in [-0.4, -0.2) is 5.91 Å². The topological polar surface area (TPSA) is 29.1 Å². The molecule has 0 radical (unpaired) electrons. The molecule has 2 nitrogen and oxygen atoms in total. The zero-order valence-corrected chi connectivity index (χ0v) is 13.5. The first-order valence-corrected chi connectivity index (χ1v) is 7.42. The molecule has 0 aromatic heterocycles. The summed E-state index contributed by atoms with van der Waals surface area (Å²) in [6, 6.07) is 11.9. The van der Waals surface area contributed by atoms with Crippen molar-refractivity contribution in [3.63, 3.8) is 0 Å². The van der Waals surface area contributed by atoms with Crippen molar-refractivity contribution in [3.05, 3.63) is 67.5 Å². The van der Waals surface area contributed by atoms with E-state index in [9.17, 15) is 9.18 Å². The molecule has 0 spiro atoms. The number of rotatable bonds is 3. The summed E-state index contributed by atoms with van der Waals surface area (Å²) in [6.45, 7) is 0.162. The van der Waals surface area contributed by atoms with Gasteiger partial charge in [-0.2, -0.15) is 0 Å². The zero-order chi connectivity index (χ0) is 13.8. The van der Waals surface area contributed by atoms with Gasteiger partial charge in [-0.25, -0.2) is 4.39 Å². The standard InChI is InChI=1S/C14H10BrFINO/c15-10-5-6-12(16)9(7-10)8-18-14(19)11-3-1-2-4-13(11)17/h1-7H,8H2,(H,18,19). The summed E-state index contributed by atoms with van der Waals surface area (Å²) in [5, 5.41) is 2.72. The lowest BCUT2D eigenvalue weighted by molar-refractivity contribution is 0.0949. The molecule has 5 heteroatoms. The van der Waals surface area contributed by atoms with Crippen LogP contribution >= 0.6 is 38.5 Å². The fourth-order valence-corrected chi connectivity index (χ4v) is 2.64. The Kier molecular flexibility index (Phi) is 4.93. The molecule has 0 saturated heterocycles. The van der Waals surface area contributed by atoms with Gasteiger partial charge >= 0.3 is 0 Å². The molecule has 0 atom stereocenters. The van der Waals surface area contributed by atoms with Gasteiger partial charge in [0.2, 0.25) is 0 Å². The Morgan fingerprint density at radius 2 is 2.00 bits per heavy atom. The summed E-state index contributed by atoms with van der Waals surface area (Å²) in [7, 11) is 0. The molecular formula is C14H10BrFINO. The average Bonchev–Trinajstić information content (AvgIpc) is 2.40. The Bertz CT molecular complexity index is 618. The van der Waals surface area contributed by atoms with Crippen LogP contribution in [0.25, 0.3) is 0 Å². The van der Waals surface area contributed by atoms with Crippen molar-refractivity contribution >= 4 is 44.4 Å². The number of halogens is 3. The van der Waals surface area contributed by atoms with Gasteiger partial charge in [-0.1, -0.05) is 28.1 Å². The number of nitrogens with one attached hydrogen (secondary N) is 1. The number of carbonyl (C=O) groups excluding carboxylic acids is 1. The summed E-state index contributed by atoms with van der Waals surface area (Å²) < 4.78 is 15.2. The first-order valence-electron chi connectivity index (χ1n) is 5.54. The largest absolute Gasteiger partial charge is 0.348 e. The van der Waals surface area contributed by atoms with E-state index >= 15 is 0 Å². The quantitative estimate of drug-likeness (QED) is 0.724. The minimum absolute atomic E-state index is 0.162. The smallest absolute Gasteiger partial charge is 0.252 e. The normalized spacial score (nSPS) is 10.3. The number of carbonyl (C=O) groups is 1. The molecule has 2 aromatic rings. The van der Waals surface area contributed by atoms with Crippen LogP contribution in [0.15, 0.2) is 46.9 Å². The number of amides is 1. The molecule has 2 aromatic carbocycles. The molecule has 0 aliphatic carbocycles. The van der Waals surface area contributed by atoms with Crippen LogP contribution < -0.4 is 5.32 Å². The lowest BCUT2D eigenvalue weighted by Crippen LogP contribution is -2.24. The van der Waals surface area contributed by atoms with E-state index < -0.39 is 0 Å².